The van der Waals surface area contributed by atoms with Gasteiger partial charge in [-0.05, 0) is 55.2 Å². The van der Waals surface area contributed by atoms with Crippen molar-refractivity contribution in [2.75, 3.05) is 38.1 Å². The Kier molecular flexibility index (Phi) is 7.98. The normalized spacial score (nSPS) is 14.1. The summed E-state index contributed by atoms with van der Waals surface area (Å²) in [5.41, 5.74) is 7.92. The molecule has 4 N–H and O–H groups in total. The van der Waals surface area contributed by atoms with Crippen LogP contribution in [0.15, 0.2) is 36.4 Å². The first-order chi connectivity index (χ1) is 14.5. The monoisotopic (exact) mass is 416 g/mol. The summed E-state index contributed by atoms with van der Waals surface area (Å²) in [6.45, 7) is 3.22. The lowest BCUT2D eigenvalue weighted by Crippen LogP contribution is -2.38. The summed E-state index contributed by atoms with van der Waals surface area (Å²) < 4.78 is 18.7. The number of aryl methyl sites for hydroxylation is 1. The molecule has 8 heteroatoms. The van der Waals surface area contributed by atoms with Crippen molar-refractivity contribution in [1.29, 1.82) is 0 Å². The van der Waals surface area contributed by atoms with Gasteiger partial charge in [-0.15, -0.1) is 0 Å². The lowest BCUT2D eigenvalue weighted by Gasteiger charge is -2.23. The number of rotatable bonds is 11. The zero-order valence-electron chi connectivity index (χ0n) is 17.0. The molecule has 1 aromatic heterocycles. The van der Waals surface area contributed by atoms with Crippen LogP contribution in [0, 0.1) is 5.82 Å². The number of nitrogens with one attached hydrogen (secondary N) is 1. The summed E-state index contributed by atoms with van der Waals surface area (Å²) in [5.74, 6) is 0.262. The highest BCUT2D eigenvalue weighted by molar-refractivity contribution is 5.72. The van der Waals surface area contributed by atoms with Crippen LogP contribution in [-0.2, 0) is 17.6 Å². The molecule has 0 unspecified atom stereocenters. The summed E-state index contributed by atoms with van der Waals surface area (Å²) in [5, 5.41) is 12.4. The zero-order chi connectivity index (χ0) is 21.3. The average Bonchev–Trinajstić information content (AvgIpc) is 2.76. The van der Waals surface area contributed by atoms with Crippen LogP contribution in [0.3, 0.4) is 0 Å². The average molecular weight is 416 g/mol. The number of halogens is 1. The Balaban J connectivity index is 1.54. The molecule has 0 bridgehead atoms. The van der Waals surface area contributed by atoms with Gasteiger partial charge in [0.25, 0.3) is 0 Å². The Morgan fingerprint density at radius 1 is 1.23 bits per heavy atom. The highest BCUT2D eigenvalue weighted by Gasteiger charge is 2.15. The standard InChI is InChI=1S/C22H29FN4O3/c23-17-4-7-19(8-5-17)30-15-14-27(13-10-20(24)22(28)29)12-9-18-6-3-16-2-1-11-25-21(16)26-18/h3-8,20H,1-2,9-15,24H2,(H,25,26)(H,28,29)/t20-/m0/s1. The molecule has 0 fully saturated rings. The van der Waals surface area contributed by atoms with Crippen molar-refractivity contribution >= 4 is 11.8 Å². The van der Waals surface area contributed by atoms with Gasteiger partial charge < -0.3 is 20.9 Å². The van der Waals surface area contributed by atoms with Gasteiger partial charge in [-0.2, -0.15) is 0 Å². The highest BCUT2D eigenvalue weighted by Crippen LogP contribution is 2.20. The van der Waals surface area contributed by atoms with E-state index in [1.54, 1.807) is 12.1 Å². The molecule has 1 atom stereocenters. The first-order valence-corrected chi connectivity index (χ1v) is 10.3. The van der Waals surface area contributed by atoms with Gasteiger partial charge >= 0.3 is 5.97 Å². The Bertz CT molecular complexity index is 832. The van der Waals surface area contributed by atoms with Crippen LogP contribution in [0.25, 0.3) is 0 Å². The van der Waals surface area contributed by atoms with Crippen LogP contribution >= 0.6 is 0 Å². The number of benzene rings is 1. The number of nitrogens with zero attached hydrogens (tertiary/aromatic N) is 2. The molecule has 1 aliphatic heterocycles. The summed E-state index contributed by atoms with van der Waals surface area (Å²) in [7, 11) is 0. The lowest BCUT2D eigenvalue weighted by molar-refractivity contribution is -0.138. The van der Waals surface area contributed by atoms with E-state index < -0.39 is 12.0 Å². The molecular formula is C22H29FN4O3. The van der Waals surface area contributed by atoms with Crippen LogP contribution in [-0.4, -0.2) is 59.8 Å². The molecule has 0 aliphatic carbocycles. The lowest BCUT2D eigenvalue weighted by atomic mass is 10.1. The molecule has 0 spiro atoms. The molecule has 0 radical (unpaired) electrons. The van der Waals surface area contributed by atoms with E-state index in [-0.39, 0.29) is 5.82 Å². The number of ether oxygens (including phenoxy) is 1. The van der Waals surface area contributed by atoms with Crippen molar-refractivity contribution in [2.45, 2.75) is 31.7 Å². The van der Waals surface area contributed by atoms with Crippen LogP contribution in [0.5, 0.6) is 5.75 Å². The maximum atomic E-state index is 13.0. The van der Waals surface area contributed by atoms with E-state index in [0.29, 0.717) is 38.4 Å². The topological polar surface area (TPSA) is 101 Å². The van der Waals surface area contributed by atoms with Crippen molar-refractivity contribution in [3.05, 3.63) is 53.5 Å². The van der Waals surface area contributed by atoms with E-state index >= 15 is 0 Å². The van der Waals surface area contributed by atoms with Gasteiger partial charge in [0.2, 0.25) is 0 Å². The first kappa shape index (κ1) is 22.0. The minimum atomic E-state index is -1.00. The van der Waals surface area contributed by atoms with Crippen molar-refractivity contribution in [3.8, 4) is 5.75 Å². The van der Waals surface area contributed by atoms with Gasteiger partial charge in [-0.3, -0.25) is 9.69 Å². The number of anilines is 1. The number of carboxylic acid groups (broad SMARTS) is 1. The fraction of sp³-hybridized carbons (Fsp3) is 0.455. The molecule has 7 nitrogen and oxygen atoms in total. The fourth-order valence-electron chi connectivity index (χ4n) is 3.38. The van der Waals surface area contributed by atoms with Crippen LogP contribution < -0.4 is 15.8 Å². The molecule has 0 saturated carbocycles. The van der Waals surface area contributed by atoms with E-state index in [4.69, 9.17) is 20.6 Å². The van der Waals surface area contributed by atoms with Gasteiger partial charge in [0.15, 0.2) is 0 Å². The number of carbonyl (C=O) groups is 1. The van der Waals surface area contributed by atoms with Gasteiger partial charge in [-0.1, -0.05) is 6.07 Å². The largest absolute Gasteiger partial charge is 0.492 e. The van der Waals surface area contributed by atoms with Crippen molar-refractivity contribution < 1.29 is 19.0 Å². The van der Waals surface area contributed by atoms with E-state index in [2.05, 4.69) is 22.3 Å². The maximum absolute atomic E-state index is 13.0. The summed E-state index contributed by atoms with van der Waals surface area (Å²) in [6, 6.07) is 9.18. The maximum Gasteiger partial charge on any atom is 0.320 e. The zero-order valence-corrected chi connectivity index (χ0v) is 17.0. The van der Waals surface area contributed by atoms with Crippen molar-refractivity contribution in [1.82, 2.24) is 9.88 Å². The van der Waals surface area contributed by atoms with Gasteiger partial charge in [0.1, 0.15) is 30.0 Å². The number of nitrogens with two attached hydrogens (primary N) is 1. The highest BCUT2D eigenvalue weighted by atomic mass is 19.1. The fourth-order valence-corrected chi connectivity index (χ4v) is 3.38. The number of hydrogen-bond acceptors (Lipinski definition) is 6. The molecule has 1 aliphatic rings. The SMILES string of the molecule is N[C@@H](CCN(CCOc1ccc(F)cc1)CCc1ccc2c(n1)NCCC2)C(=O)O. The summed E-state index contributed by atoms with van der Waals surface area (Å²) >= 11 is 0. The molecular weight excluding hydrogens is 387 g/mol. The van der Waals surface area contributed by atoms with Crippen LogP contribution in [0.1, 0.15) is 24.1 Å². The second-order valence-electron chi connectivity index (χ2n) is 7.47. The number of hydrogen-bond donors (Lipinski definition) is 3. The molecule has 2 aromatic rings. The third-order valence-corrected chi connectivity index (χ3v) is 5.20. The number of aromatic nitrogens is 1. The molecule has 30 heavy (non-hydrogen) atoms. The van der Waals surface area contributed by atoms with E-state index in [9.17, 15) is 9.18 Å². The summed E-state index contributed by atoms with van der Waals surface area (Å²) in [6.07, 6.45) is 3.27. The van der Waals surface area contributed by atoms with E-state index in [1.807, 2.05) is 0 Å². The Hall–Kier alpha value is -2.71. The Labute approximate surface area is 176 Å². The quantitative estimate of drug-likeness (QED) is 0.517. The molecule has 2 heterocycles. The number of carboxylic acids is 1. The van der Waals surface area contributed by atoms with Crippen molar-refractivity contribution in [2.24, 2.45) is 5.73 Å². The molecule has 162 valence electrons. The van der Waals surface area contributed by atoms with Crippen LogP contribution in [0.4, 0.5) is 10.2 Å². The van der Waals surface area contributed by atoms with Gasteiger partial charge in [-0.25, -0.2) is 9.37 Å². The predicted molar refractivity (Wildman–Crippen MR) is 113 cm³/mol. The second-order valence-corrected chi connectivity index (χ2v) is 7.47. The number of aliphatic carboxylic acids is 1. The van der Waals surface area contributed by atoms with Gasteiger partial charge in [0, 0.05) is 38.3 Å². The third-order valence-electron chi connectivity index (χ3n) is 5.20. The van der Waals surface area contributed by atoms with Crippen LogP contribution in [0.2, 0.25) is 0 Å². The van der Waals surface area contributed by atoms with Gasteiger partial charge in [0.05, 0.1) is 0 Å². The minimum absolute atomic E-state index is 0.307. The number of pyridine rings is 1. The molecule has 0 amide bonds. The predicted octanol–water partition coefficient (Wildman–Crippen LogP) is 2.30. The third kappa shape index (κ3) is 6.67. The second kappa shape index (κ2) is 10.9. The van der Waals surface area contributed by atoms with Crippen molar-refractivity contribution in [3.63, 3.8) is 0 Å². The summed E-state index contributed by atoms with van der Waals surface area (Å²) in [4.78, 5) is 17.9. The molecule has 1 aromatic carbocycles. The Morgan fingerprint density at radius 2 is 2.03 bits per heavy atom. The first-order valence-electron chi connectivity index (χ1n) is 10.3. The van der Waals surface area contributed by atoms with E-state index in [1.165, 1.54) is 17.7 Å². The smallest absolute Gasteiger partial charge is 0.320 e. The number of fused-ring (bicyclic) bond motifs is 1. The van der Waals surface area contributed by atoms with E-state index in [0.717, 1.165) is 37.3 Å². The minimum Gasteiger partial charge on any atom is -0.492 e. The Morgan fingerprint density at radius 3 is 2.80 bits per heavy atom. The molecule has 0 saturated heterocycles. The molecule has 3 rings (SSSR count).